The van der Waals surface area contributed by atoms with Crippen LogP contribution in [-0.2, 0) is 16.8 Å². The minimum atomic E-state index is -0.850. The molecule has 1 aliphatic carbocycles. The SMILES string of the molecule is Cc1n(C2CCC(C(C(N)=O)(c3ccccc3)c3ccccc3)C2)cc[n+]1Cc1ccc(Cl)cc1.[Br-]. The molecular weight excluding hydrogens is 534 g/mol. The Labute approximate surface area is 228 Å². The number of carbonyl (C=O) groups excluding carboxylic acids is 1. The second kappa shape index (κ2) is 11.0. The highest BCUT2D eigenvalue weighted by Crippen LogP contribution is 2.49. The molecule has 0 spiro atoms. The van der Waals surface area contributed by atoms with E-state index in [-0.39, 0.29) is 28.8 Å². The Morgan fingerprint density at radius 1 is 0.972 bits per heavy atom. The number of benzene rings is 3. The zero-order valence-corrected chi connectivity index (χ0v) is 22.7. The van der Waals surface area contributed by atoms with E-state index in [0.29, 0.717) is 6.04 Å². The van der Waals surface area contributed by atoms with Crippen LogP contribution in [0.1, 0.15) is 47.8 Å². The number of nitrogens with zero attached hydrogens (tertiary/aromatic N) is 2. The van der Waals surface area contributed by atoms with E-state index in [1.807, 2.05) is 72.8 Å². The first-order valence-electron chi connectivity index (χ1n) is 12.2. The largest absolute Gasteiger partial charge is 1.00 e. The number of amides is 1. The Bertz CT molecular complexity index is 1270. The maximum Gasteiger partial charge on any atom is 0.253 e. The molecule has 186 valence electrons. The lowest BCUT2D eigenvalue weighted by Gasteiger charge is -2.37. The van der Waals surface area contributed by atoms with Gasteiger partial charge in [0.25, 0.3) is 5.82 Å². The van der Waals surface area contributed by atoms with Crippen LogP contribution in [0, 0.1) is 12.8 Å². The van der Waals surface area contributed by atoms with Gasteiger partial charge in [0.2, 0.25) is 5.91 Å². The Morgan fingerprint density at radius 2 is 1.56 bits per heavy atom. The van der Waals surface area contributed by atoms with E-state index < -0.39 is 5.41 Å². The first-order chi connectivity index (χ1) is 17.0. The van der Waals surface area contributed by atoms with Crippen molar-refractivity contribution < 1.29 is 26.3 Å². The lowest BCUT2D eigenvalue weighted by atomic mass is 9.64. The van der Waals surface area contributed by atoms with Crippen LogP contribution in [0.2, 0.25) is 5.02 Å². The lowest BCUT2D eigenvalue weighted by molar-refractivity contribution is -0.694. The summed E-state index contributed by atoms with van der Waals surface area (Å²) >= 11 is 6.05. The number of aromatic nitrogens is 2. The topological polar surface area (TPSA) is 51.9 Å². The van der Waals surface area contributed by atoms with Crippen LogP contribution in [0.25, 0.3) is 0 Å². The maximum atomic E-state index is 13.4. The molecule has 1 aliphatic rings. The third kappa shape index (κ3) is 4.74. The summed E-state index contributed by atoms with van der Waals surface area (Å²) in [5.74, 6) is 1.04. The quantitative estimate of drug-likeness (QED) is 0.345. The van der Waals surface area contributed by atoms with E-state index in [1.54, 1.807) is 0 Å². The van der Waals surface area contributed by atoms with Gasteiger partial charge in [0.15, 0.2) is 0 Å². The Balaban J connectivity index is 0.00000304. The highest BCUT2D eigenvalue weighted by Gasteiger charge is 2.51. The molecule has 1 aromatic heterocycles. The van der Waals surface area contributed by atoms with Gasteiger partial charge >= 0.3 is 0 Å². The molecule has 0 bridgehead atoms. The predicted molar refractivity (Wildman–Crippen MR) is 139 cm³/mol. The van der Waals surface area contributed by atoms with Crippen molar-refractivity contribution in [2.24, 2.45) is 11.7 Å². The first kappa shape index (κ1) is 26.2. The smallest absolute Gasteiger partial charge is 0.253 e. The highest BCUT2D eigenvalue weighted by molar-refractivity contribution is 6.30. The number of hydrogen-bond acceptors (Lipinski definition) is 1. The molecule has 1 fully saturated rings. The van der Waals surface area contributed by atoms with Crippen molar-refractivity contribution in [2.75, 3.05) is 0 Å². The fourth-order valence-corrected chi connectivity index (χ4v) is 6.11. The molecule has 1 saturated carbocycles. The van der Waals surface area contributed by atoms with E-state index >= 15 is 0 Å². The molecule has 3 aromatic carbocycles. The Hall–Kier alpha value is -2.89. The van der Waals surface area contributed by atoms with E-state index in [1.165, 1.54) is 11.4 Å². The predicted octanol–water partition coefficient (Wildman–Crippen LogP) is 2.60. The molecule has 0 saturated heterocycles. The van der Waals surface area contributed by atoms with Crippen molar-refractivity contribution in [3.63, 3.8) is 0 Å². The maximum absolute atomic E-state index is 13.4. The Morgan fingerprint density at radius 3 is 2.11 bits per heavy atom. The molecule has 1 amide bonds. The van der Waals surface area contributed by atoms with Gasteiger partial charge in [0.1, 0.15) is 30.4 Å². The van der Waals surface area contributed by atoms with Gasteiger partial charge in [-0.2, -0.15) is 0 Å². The van der Waals surface area contributed by atoms with Crippen LogP contribution >= 0.6 is 11.6 Å². The van der Waals surface area contributed by atoms with Gasteiger partial charge in [-0.1, -0.05) is 84.4 Å². The summed E-state index contributed by atoms with van der Waals surface area (Å²) in [7, 11) is 0. The normalized spacial score (nSPS) is 17.5. The van der Waals surface area contributed by atoms with E-state index in [2.05, 4.69) is 40.6 Å². The van der Waals surface area contributed by atoms with Crippen molar-refractivity contribution in [2.45, 2.75) is 44.2 Å². The van der Waals surface area contributed by atoms with Crippen molar-refractivity contribution in [1.29, 1.82) is 0 Å². The average molecular weight is 565 g/mol. The zero-order chi connectivity index (χ0) is 24.4. The fourth-order valence-electron chi connectivity index (χ4n) is 5.99. The molecule has 4 nitrogen and oxygen atoms in total. The van der Waals surface area contributed by atoms with Crippen LogP contribution in [-0.4, -0.2) is 10.5 Å². The molecule has 1 heterocycles. The van der Waals surface area contributed by atoms with Gasteiger partial charge in [0.05, 0.1) is 0 Å². The third-order valence-electron chi connectivity index (χ3n) is 7.72. The van der Waals surface area contributed by atoms with Gasteiger partial charge in [-0.05, 0) is 54.0 Å². The van der Waals surface area contributed by atoms with E-state index in [9.17, 15) is 4.79 Å². The van der Waals surface area contributed by atoms with Crippen molar-refractivity contribution in [1.82, 2.24) is 4.57 Å². The number of hydrogen-bond donors (Lipinski definition) is 1. The first-order valence-corrected chi connectivity index (χ1v) is 12.6. The molecule has 2 atom stereocenters. The third-order valence-corrected chi connectivity index (χ3v) is 7.97. The summed E-state index contributed by atoms with van der Waals surface area (Å²) in [6.45, 7) is 2.96. The molecular formula is C30H31BrClN3O. The van der Waals surface area contributed by atoms with Gasteiger partial charge in [-0.3, -0.25) is 4.79 Å². The monoisotopic (exact) mass is 563 g/mol. The lowest BCUT2D eigenvalue weighted by Crippen LogP contribution is -3.00. The van der Waals surface area contributed by atoms with Crippen molar-refractivity contribution in [3.05, 3.63) is 125 Å². The standard InChI is InChI=1S/C30H30ClN3O.BrH/c1-22-33(21-23-12-15-27(31)16-13-23)18-19-34(22)28-17-14-26(20-28)30(29(32)35,24-8-4-2-5-9-24)25-10-6-3-7-11-25;/h2-13,15-16,18-19,26,28H,14,17,20-21H2,1H3,(H-,32,35);1H. The molecule has 36 heavy (non-hydrogen) atoms. The number of carbonyl (C=O) groups is 1. The summed E-state index contributed by atoms with van der Waals surface area (Å²) in [5.41, 5.74) is 8.59. The van der Waals surface area contributed by atoms with E-state index in [4.69, 9.17) is 17.3 Å². The van der Waals surface area contributed by atoms with Gasteiger partial charge in [-0.15, -0.1) is 0 Å². The number of primary amides is 1. The van der Waals surface area contributed by atoms with Crippen molar-refractivity contribution >= 4 is 17.5 Å². The van der Waals surface area contributed by atoms with Crippen LogP contribution in [0.5, 0.6) is 0 Å². The Kier molecular flexibility index (Phi) is 8.01. The van der Waals surface area contributed by atoms with Crippen LogP contribution in [0.15, 0.2) is 97.3 Å². The molecule has 2 unspecified atom stereocenters. The molecule has 2 N–H and O–H groups in total. The average Bonchev–Trinajstić information content (AvgIpc) is 3.49. The fraction of sp³-hybridized carbons (Fsp3) is 0.267. The molecule has 5 rings (SSSR count). The second-order valence-electron chi connectivity index (χ2n) is 9.58. The number of rotatable bonds is 7. The number of halogens is 2. The van der Waals surface area contributed by atoms with Crippen LogP contribution in [0.4, 0.5) is 0 Å². The number of imidazole rings is 1. The molecule has 0 aliphatic heterocycles. The summed E-state index contributed by atoms with van der Waals surface area (Å²) in [6.07, 6.45) is 7.16. The zero-order valence-electron chi connectivity index (χ0n) is 20.4. The summed E-state index contributed by atoms with van der Waals surface area (Å²) in [6, 6.07) is 28.5. The van der Waals surface area contributed by atoms with Gasteiger partial charge in [-0.25, -0.2) is 9.13 Å². The van der Waals surface area contributed by atoms with Gasteiger partial charge < -0.3 is 22.7 Å². The molecule has 6 heteroatoms. The highest BCUT2D eigenvalue weighted by atomic mass is 79.9. The minimum absolute atomic E-state index is 0. The van der Waals surface area contributed by atoms with Gasteiger partial charge in [0, 0.05) is 11.9 Å². The second-order valence-corrected chi connectivity index (χ2v) is 10.0. The summed E-state index contributed by atoms with van der Waals surface area (Å²) < 4.78 is 4.64. The summed E-state index contributed by atoms with van der Waals surface area (Å²) in [5, 5.41) is 0.750. The van der Waals surface area contributed by atoms with Crippen LogP contribution in [0.3, 0.4) is 0 Å². The molecule has 4 aromatic rings. The summed E-state index contributed by atoms with van der Waals surface area (Å²) in [4.78, 5) is 13.4. The van der Waals surface area contributed by atoms with Crippen molar-refractivity contribution in [3.8, 4) is 0 Å². The van der Waals surface area contributed by atoms with Crippen LogP contribution < -0.4 is 27.3 Å². The van der Waals surface area contributed by atoms with E-state index in [0.717, 1.165) is 42.0 Å². The minimum Gasteiger partial charge on any atom is -1.00 e. The number of nitrogens with two attached hydrogens (primary N) is 1. The molecule has 0 radical (unpaired) electrons.